The van der Waals surface area contributed by atoms with Gasteiger partial charge >= 0.3 is 171 Å². The van der Waals surface area contributed by atoms with Gasteiger partial charge < -0.3 is 50.2 Å². The van der Waals surface area contributed by atoms with Crippen LogP contribution in [0, 0.1) is 20.2 Å². The summed E-state index contributed by atoms with van der Waals surface area (Å²) in [5.41, 5.74) is -7.59. The zero-order valence-electron chi connectivity index (χ0n) is 30.8. The molecule has 1 radical (unpaired) electrons. The summed E-state index contributed by atoms with van der Waals surface area (Å²) in [6.07, 6.45) is 0. The van der Waals surface area contributed by atoms with E-state index < -0.39 is 132 Å². The second-order valence-corrected chi connectivity index (χ2v) is 12.5. The fourth-order valence-corrected chi connectivity index (χ4v) is 4.69. The van der Waals surface area contributed by atoms with Crippen molar-refractivity contribution in [2.75, 3.05) is 0 Å². The fraction of sp³-hybridized carbons (Fsp3) is 0. The van der Waals surface area contributed by atoms with Crippen LogP contribution in [-0.2, 0) is 37.6 Å². The molecule has 0 amide bonds. The first kappa shape index (κ1) is 64.6. The molecule has 0 aromatic heterocycles. The number of rotatable bonds is 10. The molecule has 60 heavy (non-hydrogen) atoms. The molecule has 0 saturated carbocycles. The topological polar surface area (TPSA) is 463 Å². The van der Waals surface area contributed by atoms with Gasteiger partial charge in [-0.15, -0.1) is 5.75 Å². The van der Waals surface area contributed by atoms with Crippen LogP contribution in [0.15, 0.2) is 78.8 Å². The van der Waals surface area contributed by atoms with Crippen molar-refractivity contribution in [1.82, 2.24) is 0 Å². The monoisotopic (exact) mass is 957 g/mol. The van der Waals surface area contributed by atoms with Gasteiger partial charge in [-0.25, -0.2) is 13.2 Å². The van der Waals surface area contributed by atoms with E-state index in [9.17, 15) is 87.0 Å². The van der Waals surface area contributed by atoms with Crippen LogP contribution in [-0.4, -0.2) is 52.8 Å². The first-order valence-corrected chi connectivity index (χ1v) is 15.9. The largest absolute Gasteiger partial charge is 3.00 e. The van der Waals surface area contributed by atoms with Crippen molar-refractivity contribution in [2.45, 2.75) is 9.79 Å². The van der Waals surface area contributed by atoms with Gasteiger partial charge in [0.25, 0.3) is 21.5 Å². The average Bonchev–Trinajstić information content (AvgIpc) is 3.03. The second-order valence-electron chi connectivity index (χ2n) is 9.65. The van der Waals surface area contributed by atoms with E-state index in [1.807, 2.05) is 0 Å². The summed E-state index contributed by atoms with van der Waals surface area (Å²) in [5.74, 6) is -10.8. The maximum Gasteiger partial charge on any atom is 3.00 e. The molecule has 2 N–H and O–H groups in total. The molecule has 4 aromatic rings. The molecule has 0 spiro atoms. The fourth-order valence-electron chi connectivity index (χ4n) is 3.66. The first-order valence-electron chi connectivity index (χ1n) is 13.1. The van der Waals surface area contributed by atoms with Crippen molar-refractivity contribution >= 4 is 66.3 Å². The third kappa shape index (κ3) is 16.9. The molecule has 34 heteroatoms. The molecular formula is C26H10CrN6Na5O20S2. The summed E-state index contributed by atoms with van der Waals surface area (Å²) >= 11 is 0. The van der Waals surface area contributed by atoms with E-state index in [1.165, 1.54) is 0 Å². The molecule has 0 heterocycles. The summed E-state index contributed by atoms with van der Waals surface area (Å²) in [5, 5.41) is 124. The first-order chi connectivity index (χ1) is 24.8. The minimum Gasteiger partial charge on any atom is -0.872 e. The summed E-state index contributed by atoms with van der Waals surface area (Å²) < 4.78 is 64.5. The minimum absolute atomic E-state index is 0. The molecular weight excluding hydrogens is 947 g/mol. The van der Waals surface area contributed by atoms with Gasteiger partial charge in [-0.1, -0.05) is 29.4 Å². The van der Waals surface area contributed by atoms with E-state index in [0.717, 1.165) is 0 Å². The van der Waals surface area contributed by atoms with Crippen LogP contribution in [0.25, 0.3) is 0 Å². The third-order valence-corrected chi connectivity index (χ3v) is 7.77. The standard InChI is InChI=1S/2C13H9N3O10S.Cr.5Na/c2*17-10-4-11(18)7(3-6(10)13(20)21)14-15-8-1-5(27(24,25)26)2-9(12(8)19)16(22)23;;;;;;/h2*1-4,17-19H,(H,20,21)(H,24,25,26);;;;;;/q;;+3;5*+1/p-8. The summed E-state index contributed by atoms with van der Waals surface area (Å²) in [4.78, 5) is 38.7. The summed E-state index contributed by atoms with van der Waals surface area (Å²) in [7, 11) is -10.1. The van der Waals surface area contributed by atoms with Crippen molar-refractivity contribution in [3.05, 3.63) is 79.9 Å². The van der Waals surface area contributed by atoms with E-state index in [2.05, 4.69) is 20.5 Å². The van der Waals surface area contributed by atoms with Crippen molar-refractivity contribution < 1.29 is 251 Å². The van der Waals surface area contributed by atoms with Crippen LogP contribution in [0.5, 0.6) is 34.5 Å². The predicted octanol–water partition coefficient (Wildman–Crippen LogP) is -16.3. The Hall–Kier alpha value is -2.03. The van der Waals surface area contributed by atoms with Gasteiger partial charge in [-0.3, -0.25) is 24.8 Å². The Balaban J connectivity index is -0.000000475. The number of carboxylic acids is 2. The Morgan fingerprint density at radius 2 is 0.883 bits per heavy atom. The molecule has 4 rings (SSSR count). The SMILES string of the molecule is O=C(O)c1cc(N=Nc2cc(S(=O)(=O)O)cc([N+](=O)[O-])c2[O-])c([O-])cc1[O-].O=C([O-])c1cc(N=Nc2cc(S(=O)(=O)[O-])cc([N+](=O)[O-])c2[O-])c([O-])cc1[O-].[Cr+3].[Na+].[Na+].[Na+].[Na+].[Na+]. The van der Waals surface area contributed by atoms with Gasteiger partial charge in [0, 0.05) is 23.6 Å². The zero-order valence-corrected chi connectivity index (χ0v) is 43.7. The maximum absolute atomic E-state index is 11.9. The number of nitro benzene ring substituents is 2. The smallest absolute Gasteiger partial charge is 0.872 e. The van der Waals surface area contributed by atoms with Gasteiger partial charge in [0.15, 0.2) is 0 Å². The predicted molar refractivity (Wildman–Crippen MR) is 153 cm³/mol. The van der Waals surface area contributed by atoms with Gasteiger partial charge in [0.1, 0.15) is 15.0 Å². The molecule has 0 aliphatic rings. The number of aromatic carboxylic acids is 2. The molecule has 0 aliphatic heterocycles. The molecule has 0 saturated heterocycles. The molecule has 26 nitrogen and oxygen atoms in total. The number of nitrogens with zero attached hydrogens (tertiary/aromatic N) is 6. The van der Waals surface area contributed by atoms with Crippen molar-refractivity contribution in [2.24, 2.45) is 20.5 Å². The molecule has 4 aromatic carbocycles. The van der Waals surface area contributed by atoms with E-state index in [-0.39, 0.29) is 171 Å². The van der Waals surface area contributed by atoms with Crippen LogP contribution in [0.4, 0.5) is 34.1 Å². The van der Waals surface area contributed by atoms with Crippen molar-refractivity contribution in [1.29, 1.82) is 0 Å². The number of hydrogen-bond acceptors (Lipinski definition) is 22. The minimum atomic E-state index is -5.20. The average molecular weight is 957 g/mol. The van der Waals surface area contributed by atoms with Gasteiger partial charge in [0.2, 0.25) is 0 Å². The van der Waals surface area contributed by atoms with E-state index in [4.69, 9.17) is 9.66 Å². The molecule has 0 aliphatic carbocycles. The number of carboxylic acid groups (broad SMARTS) is 2. The number of nitro groups is 2. The van der Waals surface area contributed by atoms with Crippen LogP contribution in [0.3, 0.4) is 0 Å². The maximum atomic E-state index is 11.9. The van der Waals surface area contributed by atoms with Gasteiger partial charge in [-0.2, -0.15) is 28.9 Å². The number of benzene rings is 4. The molecule has 0 unspecified atom stereocenters. The molecule has 0 atom stereocenters. The quantitative estimate of drug-likeness (QED) is 0.0490. The Kier molecular flexibility index (Phi) is 28.6. The number of azo groups is 2. The number of carbonyl (C=O) groups excluding carboxylic acids is 1. The number of carbonyl (C=O) groups is 2. The second kappa shape index (κ2) is 26.6. The summed E-state index contributed by atoms with van der Waals surface area (Å²) in [6, 6.07) is 3.25. The third-order valence-electron chi connectivity index (χ3n) is 6.13. The van der Waals surface area contributed by atoms with E-state index >= 15 is 0 Å². The molecule has 0 bridgehead atoms. The Bertz CT molecular complexity index is 2400. The zero-order chi connectivity index (χ0) is 41.0. The molecule has 0 fully saturated rings. The van der Waals surface area contributed by atoms with E-state index in [1.54, 1.807) is 0 Å². The van der Waals surface area contributed by atoms with Crippen LogP contribution < -0.4 is 184 Å². The van der Waals surface area contributed by atoms with Crippen molar-refractivity contribution in [3.63, 3.8) is 0 Å². The van der Waals surface area contributed by atoms with Crippen LogP contribution in [0.1, 0.15) is 20.7 Å². The Labute approximate surface area is 455 Å². The van der Waals surface area contributed by atoms with Crippen LogP contribution >= 0.6 is 0 Å². The van der Waals surface area contributed by atoms with Crippen molar-refractivity contribution in [3.8, 4) is 34.5 Å². The van der Waals surface area contributed by atoms with Gasteiger partial charge in [-0.05, 0) is 29.8 Å². The normalized spacial score (nSPS) is 10.4. The Morgan fingerprint density at radius 3 is 1.22 bits per heavy atom. The van der Waals surface area contributed by atoms with E-state index in [0.29, 0.717) is 42.5 Å². The van der Waals surface area contributed by atoms with Crippen LogP contribution in [0.2, 0.25) is 0 Å². The Morgan fingerprint density at radius 1 is 0.550 bits per heavy atom. The summed E-state index contributed by atoms with van der Waals surface area (Å²) in [6.45, 7) is 0. The molecule has 287 valence electrons. The number of hydrogen-bond donors (Lipinski definition) is 2. The van der Waals surface area contributed by atoms with Gasteiger partial charge in [0.05, 0.1) is 49.0 Å².